The molecule has 0 amide bonds. The Labute approximate surface area is 217 Å². The maximum Gasteiger partial charge on any atom is 0.327 e. The number of thioether (sulfide) groups is 1. The quantitative estimate of drug-likeness (QED) is 0.509. The van der Waals surface area contributed by atoms with Gasteiger partial charge in [-0.25, -0.2) is 14.2 Å². The van der Waals surface area contributed by atoms with Crippen molar-refractivity contribution in [1.29, 1.82) is 0 Å². The minimum Gasteiger partial charge on any atom is -0.480 e. The summed E-state index contributed by atoms with van der Waals surface area (Å²) in [6, 6.07) is 12.4. The van der Waals surface area contributed by atoms with Gasteiger partial charge in [-0.05, 0) is 62.5 Å². The third-order valence-electron chi connectivity index (χ3n) is 7.13. The fourth-order valence-electron chi connectivity index (χ4n) is 5.35. The zero-order chi connectivity index (χ0) is 25.5. The number of anilines is 1. The van der Waals surface area contributed by atoms with Crippen LogP contribution >= 0.6 is 11.8 Å². The van der Waals surface area contributed by atoms with E-state index in [1.54, 1.807) is 17.8 Å². The Morgan fingerprint density at radius 3 is 2.67 bits per heavy atom. The predicted molar refractivity (Wildman–Crippen MR) is 142 cm³/mol. The topological polar surface area (TPSA) is 69.1 Å². The number of carboxylic acid groups (broad SMARTS) is 1. The van der Waals surface area contributed by atoms with Crippen molar-refractivity contribution >= 4 is 23.4 Å². The second-order valence-electron chi connectivity index (χ2n) is 9.83. The highest BCUT2D eigenvalue weighted by Gasteiger charge is 2.45. The Balaban J connectivity index is 1.46. The van der Waals surface area contributed by atoms with Gasteiger partial charge in [0.2, 0.25) is 0 Å². The van der Waals surface area contributed by atoms with Crippen molar-refractivity contribution in [2.45, 2.75) is 50.4 Å². The van der Waals surface area contributed by atoms with Crippen LogP contribution in [0.2, 0.25) is 0 Å². The lowest BCUT2D eigenvalue weighted by atomic mass is 9.88. The lowest BCUT2D eigenvalue weighted by Crippen LogP contribution is -2.65. The maximum absolute atomic E-state index is 13.1. The van der Waals surface area contributed by atoms with E-state index in [4.69, 9.17) is 4.74 Å². The lowest BCUT2D eigenvalue weighted by molar-refractivity contribution is -0.175. The average molecular weight is 517 g/mol. The highest BCUT2D eigenvalue weighted by atomic mass is 32.2. The summed E-state index contributed by atoms with van der Waals surface area (Å²) in [7, 11) is 0. The van der Waals surface area contributed by atoms with Crippen molar-refractivity contribution in [1.82, 2.24) is 14.9 Å². The number of pyridine rings is 1. The number of hydrogen-bond donors (Lipinski definition) is 1. The zero-order valence-corrected chi connectivity index (χ0v) is 22.0. The molecule has 3 heterocycles. The molecule has 0 aliphatic carbocycles. The number of benzene rings is 1. The number of hydrazine groups is 1. The number of carbonyl (C=O) groups is 1. The number of hydrogen-bond acceptors (Lipinski definition) is 7. The van der Waals surface area contributed by atoms with Crippen LogP contribution in [-0.4, -0.2) is 88.4 Å². The van der Waals surface area contributed by atoms with Crippen LogP contribution in [0.15, 0.2) is 48.7 Å². The molecule has 0 saturated carbocycles. The summed E-state index contributed by atoms with van der Waals surface area (Å²) >= 11 is 1.67. The van der Waals surface area contributed by atoms with Crippen molar-refractivity contribution in [3.63, 3.8) is 0 Å². The Morgan fingerprint density at radius 2 is 2.03 bits per heavy atom. The highest BCUT2D eigenvalue weighted by Crippen LogP contribution is 2.35. The molecule has 1 aromatic carbocycles. The Morgan fingerprint density at radius 1 is 1.28 bits per heavy atom. The summed E-state index contributed by atoms with van der Waals surface area (Å²) in [4.78, 5) is 19.0. The van der Waals surface area contributed by atoms with E-state index in [1.807, 2.05) is 41.6 Å². The Bertz CT molecular complexity index is 973. The van der Waals surface area contributed by atoms with E-state index in [-0.39, 0.29) is 17.5 Å². The van der Waals surface area contributed by atoms with Crippen molar-refractivity contribution in [2.24, 2.45) is 0 Å². The largest absolute Gasteiger partial charge is 0.480 e. The van der Waals surface area contributed by atoms with Gasteiger partial charge in [0.1, 0.15) is 11.9 Å². The van der Waals surface area contributed by atoms with Gasteiger partial charge >= 0.3 is 5.97 Å². The molecule has 0 radical (unpaired) electrons. The summed E-state index contributed by atoms with van der Waals surface area (Å²) in [6.07, 6.45) is 6.40. The second kappa shape index (κ2) is 12.4. The van der Waals surface area contributed by atoms with Gasteiger partial charge in [-0.2, -0.15) is 11.8 Å². The van der Waals surface area contributed by atoms with Crippen molar-refractivity contribution in [2.75, 3.05) is 49.7 Å². The second-order valence-corrected chi connectivity index (χ2v) is 10.8. The minimum atomic E-state index is -0.801. The van der Waals surface area contributed by atoms with E-state index in [0.717, 1.165) is 56.0 Å². The van der Waals surface area contributed by atoms with Gasteiger partial charge in [0, 0.05) is 44.8 Å². The first-order valence-electron chi connectivity index (χ1n) is 12.7. The molecule has 4 rings (SSSR count). The number of morpholine rings is 1. The normalized spacial score (nSPS) is 21.4. The van der Waals surface area contributed by atoms with Crippen LogP contribution in [0.1, 0.15) is 31.9 Å². The van der Waals surface area contributed by atoms with Crippen LogP contribution in [0.3, 0.4) is 0 Å². The van der Waals surface area contributed by atoms with Gasteiger partial charge in [-0.3, -0.25) is 9.99 Å². The van der Waals surface area contributed by atoms with Crippen LogP contribution in [0.5, 0.6) is 0 Å². The van der Waals surface area contributed by atoms with Gasteiger partial charge < -0.3 is 14.7 Å². The Kier molecular flexibility index (Phi) is 9.22. The molecular formula is C27H37FN4O3S. The van der Waals surface area contributed by atoms with E-state index < -0.39 is 12.0 Å². The molecule has 2 aliphatic rings. The molecule has 196 valence electrons. The molecular weight excluding hydrogens is 479 g/mol. The van der Waals surface area contributed by atoms with E-state index in [0.29, 0.717) is 19.5 Å². The number of aromatic nitrogens is 1. The predicted octanol–water partition coefficient (Wildman–Crippen LogP) is 3.95. The zero-order valence-electron chi connectivity index (χ0n) is 21.2. The summed E-state index contributed by atoms with van der Waals surface area (Å²) in [5.74, 6) is -0.330. The first kappa shape index (κ1) is 26.9. The molecule has 9 heteroatoms. The van der Waals surface area contributed by atoms with Crippen LogP contribution in [0.25, 0.3) is 0 Å². The first-order valence-corrected chi connectivity index (χ1v) is 14.1. The number of aliphatic carboxylic acids is 1. The number of nitrogens with zero attached hydrogens (tertiary/aromatic N) is 4. The summed E-state index contributed by atoms with van der Waals surface area (Å²) < 4.78 is 19.7. The average Bonchev–Trinajstić information content (AvgIpc) is 2.87. The smallest absolute Gasteiger partial charge is 0.327 e. The first-order chi connectivity index (χ1) is 17.4. The lowest BCUT2D eigenvalue weighted by Gasteiger charge is -2.53. The third kappa shape index (κ3) is 6.76. The summed E-state index contributed by atoms with van der Waals surface area (Å²) in [5, 5.41) is 14.4. The number of halogens is 1. The number of rotatable bonds is 10. The molecule has 1 aromatic heterocycles. The molecule has 2 atom stereocenters. The van der Waals surface area contributed by atoms with Crippen LogP contribution < -0.4 is 5.01 Å². The SMILES string of the molecule is CSCC[C@@H](C(=O)O)N(c1ccccc1)N1CC(C)OC2(CCN(CCc3ccc(F)cn3)CC2)C1. The fraction of sp³-hybridized carbons (Fsp3) is 0.556. The van der Waals surface area contributed by atoms with Gasteiger partial charge in [-0.1, -0.05) is 18.2 Å². The molecule has 1 N–H and O–H groups in total. The number of piperidine rings is 1. The molecule has 2 aliphatic heterocycles. The van der Waals surface area contributed by atoms with Gasteiger partial charge in [0.05, 0.1) is 23.6 Å². The summed E-state index contributed by atoms with van der Waals surface area (Å²) in [5.41, 5.74) is 1.49. The fourth-order valence-corrected chi connectivity index (χ4v) is 5.81. The monoisotopic (exact) mass is 516 g/mol. The maximum atomic E-state index is 13.1. The molecule has 36 heavy (non-hydrogen) atoms. The van der Waals surface area contributed by atoms with E-state index in [1.165, 1.54) is 12.3 Å². The van der Waals surface area contributed by atoms with Crippen molar-refractivity contribution in [3.8, 4) is 0 Å². The van der Waals surface area contributed by atoms with E-state index >= 15 is 0 Å². The molecule has 2 aromatic rings. The molecule has 1 unspecified atom stereocenters. The molecule has 1 spiro atoms. The molecule has 7 nitrogen and oxygen atoms in total. The van der Waals surface area contributed by atoms with Gasteiger partial charge in [0.25, 0.3) is 0 Å². The van der Waals surface area contributed by atoms with Crippen molar-refractivity contribution in [3.05, 3.63) is 60.2 Å². The number of para-hydroxylation sites is 1. The van der Waals surface area contributed by atoms with Crippen LogP contribution in [0.4, 0.5) is 10.1 Å². The standard InChI is InChI=1S/C27H37FN4O3S/c1-21-19-31(32(24-6-4-3-5-7-24)25(26(33)34)11-17-36-2)20-27(35-21)12-15-30(16-13-27)14-10-23-9-8-22(28)18-29-23/h3-9,18,21,25H,10-17,19-20H2,1-2H3,(H,33,34)/t21?,25-/m0/s1. The Hall–Kier alpha value is -2.20. The van der Waals surface area contributed by atoms with Crippen LogP contribution in [-0.2, 0) is 16.0 Å². The summed E-state index contributed by atoms with van der Waals surface area (Å²) in [6.45, 7) is 6.09. The molecule has 2 fully saturated rings. The number of likely N-dealkylation sites (tertiary alicyclic amines) is 1. The van der Waals surface area contributed by atoms with E-state index in [9.17, 15) is 14.3 Å². The molecule has 0 bridgehead atoms. The third-order valence-corrected chi connectivity index (χ3v) is 7.77. The van der Waals surface area contributed by atoms with Gasteiger partial charge in [-0.15, -0.1) is 0 Å². The van der Waals surface area contributed by atoms with Gasteiger partial charge in [0.15, 0.2) is 0 Å². The minimum absolute atomic E-state index is 0.00470. The van der Waals surface area contributed by atoms with E-state index in [2.05, 4.69) is 21.8 Å². The van der Waals surface area contributed by atoms with Crippen LogP contribution in [0, 0.1) is 5.82 Å². The number of ether oxygens (including phenoxy) is 1. The molecule has 2 saturated heterocycles. The highest BCUT2D eigenvalue weighted by molar-refractivity contribution is 7.98. The van der Waals surface area contributed by atoms with Crippen molar-refractivity contribution < 1.29 is 19.0 Å². The number of carboxylic acids is 1.